The molecule has 0 spiro atoms. The van der Waals surface area contributed by atoms with Crippen LogP contribution in [-0.2, 0) is 9.53 Å². The molecule has 2 heterocycles. The number of hydrogen-bond acceptors (Lipinski definition) is 4. The lowest BCUT2D eigenvalue weighted by atomic mass is 9.96. The summed E-state index contributed by atoms with van der Waals surface area (Å²) in [6.45, 7) is 3.74. The van der Waals surface area contributed by atoms with Crippen LogP contribution in [0.25, 0.3) is 0 Å². The number of hydrogen-bond donors (Lipinski definition) is 0. The smallest absolute Gasteiger partial charge is 0.327 e. The van der Waals surface area contributed by atoms with Crippen molar-refractivity contribution in [1.82, 2.24) is 14.7 Å². The molecule has 1 aliphatic rings. The first kappa shape index (κ1) is 15.7. The van der Waals surface area contributed by atoms with Gasteiger partial charge in [-0.15, -0.1) is 0 Å². The summed E-state index contributed by atoms with van der Waals surface area (Å²) in [5.74, 6) is -0.194. The molecule has 0 N–H and O–H groups in total. The third-order valence-electron chi connectivity index (χ3n) is 4.60. The highest BCUT2D eigenvalue weighted by Gasteiger charge is 2.33. The molecule has 0 aliphatic carbocycles. The zero-order valence-corrected chi connectivity index (χ0v) is 13.7. The summed E-state index contributed by atoms with van der Waals surface area (Å²) in [4.78, 5) is 14.7. The molecule has 2 atom stereocenters. The van der Waals surface area contributed by atoms with Crippen LogP contribution in [0, 0.1) is 6.92 Å². The van der Waals surface area contributed by atoms with E-state index in [1.54, 1.807) is 6.20 Å². The predicted octanol–water partition coefficient (Wildman–Crippen LogP) is 2.74. The van der Waals surface area contributed by atoms with Gasteiger partial charge in [-0.2, -0.15) is 5.10 Å². The standard InChI is InChI=1S/C18H23N3O2/c1-14-7-3-4-9-16(14)17(18(22)23-2)20-11-5-8-15(13-20)21-12-6-10-19-21/h3-4,6-7,9-10,12,15,17H,5,8,11,13H2,1-2H3/t15-,17-/m1/s1. The first-order valence-corrected chi connectivity index (χ1v) is 8.07. The Morgan fingerprint density at radius 1 is 1.35 bits per heavy atom. The number of aromatic nitrogens is 2. The zero-order chi connectivity index (χ0) is 16.2. The molecule has 2 aromatic rings. The van der Waals surface area contributed by atoms with Gasteiger partial charge in [-0.25, -0.2) is 4.79 Å². The Bertz CT molecular complexity index is 654. The minimum absolute atomic E-state index is 0.194. The molecular formula is C18H23N3O2. The van der Waals surface area contributed by atoms with Crippen molar-refractivity contribution in [3.63, 3.8) is 0 Å². The Kier molecular flexibility index (Phi) is 4.76. The zero-order valence-electron chi connectivity index (χ0n) is 13.7. The third kappa shape index (κ3) is 3.29. The average molecular weight is 313 g/mol. The number of esters is 1. The molecule has 0 saturated carbocycles. The number of piperidine rings is 1. The summed E-state index contributed by atoms with van der Waals surface area (Å²) in [5.41, 5.74) is 2.14. The molecule has 1 fully saturated rings. The summed E-state index contributed by atoms with van der Waals surface area (Å²) in [6.07, 6.45) is 5.93. The lowest BCUT2D eigenvalue weighted by Crippen LogP contribution is -2.42. The van der Waals surface area contributed by atoms with Crippen LogP contribution >= 0.6 is 0 Å². The molecule has 0 amide bonds. The lowest BCUT2D eigenvalue weighted by molar-refractivity contribution is -0.148. The van der Waals surface area contributed by atoms with E-state index in [1.807, 2.05) is 48.1 Å². The quantitative estimate of drug-likeness (QED) is 0.814. The van der Waals surface area contributed by atoms with Gasteiger partial charge < -0.3 is 4.74 Å². The van der Waals surface area contributed by atoms with Gasteiger partial charge in [-0.05, 0) is 43.5 Å². The Balaban J connectivity index is 1.88. The van der Waals surface area contributed by atoms with E-state index < -0.39 is 0 Å². The van der Waals surface area contributed by atoms with Crippen LogP contribution in [0.5, 0.6) is 0 Å². The Morgan fingerprint density at radius 2 is 2.17 bits per heavy atom. The largest absolute Gasteiger partial charge is 0.468 e. The monoisotopic (exact) mass is 313 g/mol. The summed E-state index contributed by atoms with van der Waals surface area (Å²) < 4.78 is 7.10. The molecule has 5 heteroatoms. The van der Waals surface area contributed by atoms with E-state index in [-0.39, 0.29) is 12.0 Å². The first-order valence-electron chi connectivity index (χ1n) is 8.07. The van der Waals surface area contributed by atoms with Gasteiger partial charge in [0.15, 0.2) is 0 Å². The maximum Gasteiger partial charge on any atom is 0.327 e. The van der Waals surface area contributed by atoms with Crippen LogP contribution in [0.3, 0.4) is 0 Å². The first-order chi connectivity index (χ1) is 11.2. The van der Waals surface area contributed by atoms with Gasteiger partial charge in [-0.1, -0.05) is 24.3 Å². The molecule has 0 radical (unpaired) electrons. The maximum absolute atomic E-state index is 12.5. The van der Waals surface area contributed by atoms with Crippen molar-refractivity contribution in [2.45, 2.75) is 31.8 Å². The number of aryl methyl sites for hydroxylation is 1. The minimum Gasteiger partial charge on any atom is -0.468 e. The number of benzene rings is 1. The second-order valence-electron chi connectivity index (χ2n) is 6.06. The number of carbonyl (C=O) groups is 1. The number of ether oxygens (including phenoxy) is 1. The van der Waals surface area contributed by atoms with Gasteiger partial charge in [0, 0.05) is 18.9 Å². The second-order valence-corrected chi connectivity index (χ2v) is 6.06. The number of likely N-dealkylation sites (tertiary alicyclic amines) is 1. The number of nitrogens with zero attached hydrogens (tertiary/aromatic N) is 3. The van der Waals surface area contributed by atoms with Gasteiger partial charge in [0.25, 0.3) is 0 Å². The van der Waals surface area contributed by atoms with E-state index in [4.69, 9.17) is 4.74 Å². The summed E-state index contributed by atoms with van der Waals surface area (Å²) in [5, 5.41) is 4.36. The highest BCUT2D eigenvalue weighted by Crippen LogP contribution is 2.31. The van der Waals surface area contributed by atoms with Gasteiger partial charge in [-0.3, -0.25) is 9.58 Å². The average Bonchev–Trinajstić information content (AvgIpc) is 3.11. The Labute approximate surface area is 136 Å². The van der Waals surface area contributed by atoms with Gasteiger partial charge in [0.2, 0.25) is 0 Å². The fraction of sp³-hybridized carbons (Fsp3) is 0.444. The normalized spacial score (nSPS) is 20.2. The summed E-state index contributed by atoms with van der Waals surface area (Å²) >= 11 is 0. The van der Waals surface area contributed by atoms with Crippen molar-refractivity contribution < 1.29 is 9.53 Å². The second kappa shape index (κ2) is 6.96. The van der Waals surface area contributed by atoms with E-state index in [9.17, 15) is 4.79 Å². The molecule has 1 aromatic carbocycles. The van der Waals surface area contributed by atoms with Crippen LogP contribution in [0.1, 0.15) is 36.1 Å². The van der Waals surface area contributed by atoms with Crippen molar-refractivity contribution in [3.05, 3.63) is 53.9 Å². The van der Waals surface area contributed by atoms with Gasteiger partial charge in [0.1, 0.15) is 6.04 Å². The van der Waals surface area contributed by atoms with E-state index in [0.29, 0.717) is 6.04 Å². The molecule has 122 valence electrons. The minimum atomic E-state index is -0.348. The molecule has 5 nitrogen and oxygen atoms in total. The molecule has 0 unspecified atom stereocenters. The number of methoxy groups -OCH3 is 1. The maximum atomic E-state index is 12.5. The molecule has 1 aromatic heterocycles. The topological polar surface area (TPSA) is 47.4 Å². The molecule has 1 aliphatic heterocycles. The molecule has 1 saturated heterocycles. The number of carbonyl (C=O) groups excluding carboxylic acids is 1. The Hall–Kier alpha value is -2.14. The van der Waals surface area contributed by atoms with Crippen LogP contribution in [0.2, 0.25) is 0 Å². The van der Waals surface area contributed by atoms with Crippen LogP contribution < -0.4 is 0 Å². The Morgan fingerprint density at radius 3 is 2.87 bits per heavy atom. The molecular weight excluding hydrogens is 290 g/mol. The van der Waals surface area contributed by atoms with Crippen molar-refractivity contribution in [3.8, 4) is 0 Å². The van der Waals surface area contributed by atoms with E-state index in [2.05, 4.69) is 10.00 Å². The highest BCUT2D eigenvalue weighted by atomic mass is 16.5. The molecule has 23 heavy (non-hydrogen) atoms. The van der Waals surface area contributed by atoms with Crippen LogP contribution in [0.15, 0.2) is 42.7 Å². The van der Waals surface area contributed by atoms with Gasteiger partial charge in [0.05, 0.1) is 13.2 Å². The fourth-order valence-electron chi connectivity index (χ4n) is 3.41. The van der Waals surface area contributed by atoms with Crippen molar-refractivity contribution >= 4 is 5.97 Å². The van der Waals surface area contributed by atoms with E-state index in [0.717, 1.165) is 37.1 Å². The predicted molar refractivity (Wildman–Crippen MR) is 88.0 cm³/mol. The van der Waals surface area contributed by atoms with E-state index in [1.165, 1.54) is 7.11 Å². The SMILES string of the molecule is COC(=O)[C@@H](c1ccccc1C)N1CCC[C@@H](n2cccn2)C1. The third-order valence-corrected chi connectivity index (χ3v) is 4.60. The van der Waals surface area contributed by atoms with Crippen LogP contribution in [-0.4, -0.2) is 40.8 Å². The van der Waals surface area contributed by atoms with Crippen LogP contribution in [0.4, 0.5) is 0 Å². The van der Waals surface area contributed by atoms with E-state index >= 15 is 0 Å². The highest BCUT2D eigenvalue weighted by molar-refractivity contribution is 5.78. The summed E-state index contributed by atoms with van der Waals surface area (Å²) in [7, 11) is 1.46. The molecule has 3 rings (SSSR count). The van der Waals surface area contributed by atoms with Gasteiger partial charge >= 0.3 is 5.97 Å². The lowest BCUT2D eigenvalue weighted by Gasteiger charge is -2.37. The summed E-state index contributed by atoms with van der Waals surface area (Å²) in [6, 6.07) is 9.94. The van der Waals surface area contributed by atoms with Crippen molar-refractivity contribution in [2.24, 2.45) is 0 Å². The van der Waals surface area contributed by atoms with Crippen molar-refractivity contribution in [1.29, 1.82) is 0 Å². The molecule has 0 bridgehead atoms. The van der Waals surface area contributed by atoms with Crippen molar-refractivity contribution in [2.75, 3.05) is 20.2 Å². The fourth-order valence-corrected chi connectivity index (χ4v) is 3.41. The number of rotatable bonds is 4.